The highest BCUT2D eigenvalue weighted by Crippen LogP contribution is 2.28. The number of hydrogen-bond acceptors (Lipinski definition) is 3. The first-order valence-electron chi connectivity index (χ1n) is 3.81. The number of halogens is 1. The molecule has 0 aliphatic heterocycles. The van der Waals surface area contributed by atoms with Crippen molar-refractivity contribution in [3.8, 4) is 11.3 Å². The lowest BCUT2D eigenvalue weighted by molar-refractivity contribution is 0.399. The summed E-state index contributed by atoms with van der Waals surface area (Å²) in [5, 5.41) is 3.92. The van der Waals surface area contributed by atoms with Crippen LogP contribution in [-0.2, 0) is 0 Å². The lowest BCUT2D eigenvalue weighted by Crippen LogP contribution is -1.79. The van der Waals surface area contributed by atoms with Crippen molar-refractivity contribution in [1.82, 2.24) is 10.1 Å². The van der Waals surface area contributed by atoms with Crippen LogP contribution in [0.4, 0.5) is 0 Å². The van der Waals surface area contributed by atoms with Crippen LogP contribution in [-0.4, -0.2) is 10.1 Å². The van der Waals surface area contributed by atoms with Crippen LogP contribution in [0, 0.1) is 6.92 Å². The van der Waals surface area contributed by atoms with Gasteiger partial charge in [-0.1, -0.05) is 5.16 Å². The predicted molar refractivity (Wildman–Crippen MR) is 52.2 cm³/mol. The first-order valence-corrected chi connectivity index (χ1v) is 4.60. The number of rotatable bonds is 1. The molecule has 13 heavy (non-hydrogen) atoms. The molecule has 0 saturated heterocycles. The molecule has 0 saturated carbocycles. The minimum Gasteiger partial charge on any atom is -0.360 e. The predicted octanol–water partition coefficient (Wildman–Crippen LogP) is 2.81. The van der Waals surface area contributed by atoms with Crippen LogP contribution >= 0.6 is 15.9 Å². The summed E-state index contributed by atoms with van der Waals surface area (Å²) in [4.78, 5) is 4.01. The van der Waals surface area contributed by atoms with Gasteiger partial charge in [-0.2, -0.15) is 0 Å². The monoisotopic (exact) mass is 238 g/mol. The van der Waals surface area contributed by atoms with E-state index in [0.717, 1.165) is 21.5 Å². The molecule has 0 fully saturated rings. The third-order valence-corrected chi connectivity index (χ3v) is 2.66. The van der Waals surface area contributed by atoms with E-state index in [9.17, 15) is 0 Å². The number of hydrogen-bond donors (Lipinski definition) is 0. The molecule has 4 heteroatoms. The molecule has 2 aromatic rings. The summed E-state index contributed by atoms with van der Waals surface area (Å²) in [6.07, 6.45) is 3.48. The summed E-state index contributed by atoms with van der Waals surface area (Å²) in [5.41, 5.74) is 1.75. The molecular weight excluding hydrogens is 232 g/mol. The largest absolute Gasteiger partial charge is 0.360 e. The van der Waals surface area contributed by atoms with Crippen molar-refractivity contribution in [1.29, 1.82) is 0 Å². The van der Waals surface area contributed by atoms with E-state index in [1.165, 1.54) is 0 Å². The van der Waals surface area contributed by atoms with E-state index in [1.54, 1.807) is 12.4 Å². The Morgan fingerprint density at radius 2 is 2.31 bits per heavy atom. The van der Waals surface area contributed by atoms with E-state index in [2.05, 4.69) is 26.1 Å². The zero-order chi connectivity index (χ0) is 9.26. The maximum atomic E-state index is 5.03. The number of nitrogens with zero attached hydrogens (tertiary/aromatic N) is 2. The van der Waals surface area contributed by atoms with E-state index < -0.39 is 0 Å². The lowest BCUT2D eigenvalue weighted by atomic mass is 10.2. The zero-order valence-electron chi connectivity index (χ0n) is 6.99. The fourth-order valence-corrected chi connectivity index (χ4v) is 1.42. The minimum absolute atomic E-state index is 0.777. The summed E-state index contributed by atoms with van der Waals surface area (Å²) < 4.78 is 5.91. The van der Waals surface area contributed by atoms with Gasteiger partial charge in [0.05, 0.1) is 4.47 Å². The third kappa shape index (κ3) is 1.49. The Morgan fingerprint density at radius 3 is 2.85 bits per heavy atom. The van der Waals surface area contributed by atoms with Gasteiger partial charge in [0.2, 0.25) is 0 Å². The molecule has 3 nitrogen and oxygen atoms in total. The molecule has 0 spiro atoms. The van der Waals surface area contributed by atoms with Gasteiger partial charge < -0.3 is 4.52 Å². The number of pyridine rings is 1. The molecule has 0 atom stereocenters. The van der Waals surface area contributed by atoms with E-state index in [1.807, 2.05) is 19.1 Å². The van der Waals surface area contributed by atoms with Gasteiger partial charge in [-0.3, -0.25) is 4.98 Å². The molecule has 2 aromatic heterocycles. The molecular formula is C9H7BrN2O. The highest BCUT2D eigenvalue weighted by atomic mass is 79.9. The summed E-state index contributed by atoms with van der Waals surface area (Å²) >= 11 is 3.40. The Balaban J connectivity index is 2.53. The second kappa shape index (κ2) is 3.30. The Hall–Kier alpha value is -1.16. The molecule has 0 unspecified atom stereocenters. The second-order valence-electron chi connectivity index (χ2n) is 2.64. The molecule has 0 bridgehead atoms. The van der Waals surface area contributed by atoms with Gasteiger partial charge >= 0.3 is 0 Å². The van der Waals surface area contributed by atoms with Crippen LogP contribution in [0.2, 0.25) is 0 Å². The number of aromatic nitrogens is 2. The lowest BCUT2D eigenvalue weighted by Gasteiger charge is -1.93. The fraction of sp³-hybridized carbons (Fsp3) is 0.111. The van der Waals surface area contributed by atoms with Crippen molar-refractivity contribution in [2.45, 2.75) is 6.92 Å². The van der Waals surface area contributed by atoms with Gasteiger partial charge in [0.15, 0.2) is 0 Å². The van der Waals surface area contributed by atoms with Crippen LogP contribution < -0.4 is 0 Å². The van der Waals surface area contributed by atoms with Gasteiger partial charge in [-0.05, 0) is 35.0 Å². The van der Waals surface area contributed by atoms with Crippen molar-refractivity contribution in [2.24, 2.45) is 0 Å². The quantitative estimate of drug-likeness (QED) is 0.767. The molecule has 0 aliphatic rings. The molecule has 2 heterocycles. The molecule has 0 radical (unpaired) electrons. The first-order chi connectivity index (χ1) is 6.29. The summed E-state index contributed by atoms with van der Waals surface area (Å²) in [6.45, 7) is 1.86. The Kier molecular flexibility index (Phi) is 2.14. The van der Waals surface area contributed by atoms with Crippen LogP contribution in [0.25, 0.3) is 11.3 Å². The minimum atomic E-state index is 0.777. The summed E-state index contributed by atoms with van der Waals surface area (Å²) in [7, 11) is 0. The Morgan fingerprint density at radius 1 is 1.46 bits per heavy atom. The molecule has 66 valence electrons. The van der Waals surface area contributed by atoms with Crippen molar-refractivity contribution < 1.29 is 4.52 Å². The van der Waals surface area contributed by atoms with E-state index >= 15 is 0 Å². The normalized spacial score (nSPS) is 10.3. The van der Waals surface area contributed by atoms with Crippen molar-refractivity contribution >= 4 is 15.9 Å². The Labute approximate surface area is 83.9 Å². The average molecular weight is 239 g/mol. The van der Waals surface area contributed by atoms with Gasteiger partial charge in [-0.15, -0.1) is 0 Å². The molecule has 0 aliphatic carbocycles. The van der Waals surface area contributed by atoms with E-state index in [-0.39, 0.29) is 0 Å². The average Bonchev–Trinajstić information content (AvgIpc) is 2.49. The summed E-state index contributed by atoms with van der Waals surface area (Å²) in [6, 6.07) is 3.81. The van der Waals surface area contributed by atoms with Crippen LogP contribution in [0.5, 0.6) is 0 Å². The second-order valence-corrected chi connectivity index (χ2v) is 3.44. The fourth-order valence-electron chi connectivity index (χ4n) is 1.04. The maximum Gasteiger partial charge on any atom is 0.148 e. The smallest absolute Gasteiger partial charge is 0.148 e. The van der Waals surface area contributed by atoms with Crippen LogP contribution in [0.3, 0.4) is 0 Å². The van der Waals surface area contributed by atoms with E-state index in [0.29, 0.717) is 0 Å². The molecule has 0 aromatic carbocycles. The molecule has 2 rings (SSSR count). The van der Waals surface area contributed by atoms with Crippen molar-refractivity contribution in [2.75, 3.05) is 0 Å². The zero-order valence-corrected chi connectivity index (χ0v) is 8.58. The van der Waals surface area contributed by atoms with Gasteiger partial charge in [0.1, 0.15) is 11.5 Å². The van der Waals surface area contributed by atoms with Crippen LogP contribution in [0.1, 0.15) is 5.76 Å². The van der Waals surface area contributed by atoms with Crippen molar-refractivity contribution in [3.05, 3.63) is 34.8 Å². The molecule has 0 amide bonds. The van der Waals surface area contributed by atoms with Crippen molar-refractivity contribution in [3.63, 3.8) is 0 Å². The number of aryl methyl sites for hydroxylation is 1. The standard InChI is InChI=1S/C9H7BrN2O/c1-6-8(10)9(12-13-6)7-3-2-4-11-5-7/h2-5H,1H3. The summed E-state index contributed by atoms with van der Waals surface area (Å²) in [5.74, 6) is 0.777. The molecule has 0 N–H and O–H groups in total. The highest BCUT2D eigenvalue weighted by molar-refractivity contribution is 9.10. The van der Waals surface area contributed by atoms with Crippen LogP contribution in [0.15, 0.2) is 33.5 Å². The maximum absolute atomic E-state index is 5.03. The topological polar surface area (TPSA) is 38.9 Å². The highest BCUT2D eigenvalue weighted by Gasteiger charge is 2.11. The van der Waals surface area contributed by atoms with E-state index in [4.69, 9.17) is 4.52 Å². The van der Waals surface area contributed by atoms with Gasteiger partial charge in [0, 0.05) is 18.0 Å². The van der Waals surface area contributed by atoms with Gasteiger partial charge in [-0.25, -0.2) is 0 Å². The van der Waals surface area contributed by atoms with Gasteiger partial charge in [0.25, 0.3) is 0 Å². The first kappa shape index (κ1) is 8.44. The third-order valence-electron chi connectivity index (χ3n) is 1.73. The Bertz CT molecular complexity index is 411. The SMILES string of the molecule is Cc1onc(-c2cccnc2)c1Br.